The summed E-state index contributed by atoms with van der Waals surface area (Å²) in [5.74, 6) is 0.605. The van der Waals surface area contributed by atoms with Crippen LogP contribution < -0.4 is 0 Å². The van der Waals surface area contributed by atoms with E-state index < -0.39 is 0 Å². The number of amides is 1. The Hall–Kier alpha value is -0.610. The van der Waals surface area contributed by atoms with E-state index in [4.69, 9.17) is 5.11 Å². The molecule has 1 heterocycles. The summed E-state index contributed by atoms with van der Waals surface area (Å²) in [4.78, 5) is 15.2. The zero-order valence-electron chi connectivity index (χ0n) is 9.07. The highest BCUT2D eigenvalue weighted by atomic mass is 16.3. The topological polar surface area (TPSA) is 43.8 Å². The first kappa shape index (κ1) is 11.5. The Morgan fingerprint density at radius 2 is 2.00 bits per heavy atom. The van der Waals surface area contributed by atoms with Gasteiger partial charge in [-0.25, -0.2) is 0 Å². The molecule has 1 aliphatic heterocycles. The van der Waals surface area contributed by atoms with Crippen LogP contribution in [0.25, 0.3) is 0 Å². The van der Waals surface area contributed by atoms with Crippen LogP contribution >= 0.6 is 0 Å². The number of hydrogen-bond acceptors (Lipinski definition) is 3. The van der Waals surface area contributed by atoms with E-state index >= 15 is 0 Å². The van der Waals surface area contributed by atoms with Crippen LogP contribution in [0.2, 0.25) is 0 Å². The number of hydrogen-bond donors (Lipinski definition) is 1. The third kappa shape index (κ3) is 3.27. The maximum absolute atomic E-state index is 11.4. The van der Waals surface area contributed by atoms with E-state index in [1.54, 1.807) is 19.0 Å². The zero-order valence-corrected chi connectivity index (χ0v) is 9.07. The van der Waals surface area contributed by atoms with E-state index in [2.05, 4.69) is 4.90 Å². The number of rotatable bonds is 3. The summed E-state index contributed by atoms with van der Waals surface area (Å²) in [5.41, 5.74) is 0. The van der Waals surface area contributed by atoms with Crippen molar-refractivity contribution in [3.63, 3.8) is 0 Å². The first-order valence-electron chi connectivity index (χ1n) is 5.17. The van der Waals surface area contributed by atoms with Gasteiger partial charge >= 0.3 is 0 Å². The summed E-state index contributed by atoms with van der Waals surface area (Å²) < 4.78 is 0. The fraction of sp³-hybridized carbons (Fsp3) is 0.900. The highest BCUT2D eigenvalue weighted by Gasteiger charge is 2.20. The van der Waals surface area contributed by atoms with Crippen molar-refractivity contribution in [3.8, 4) is 0 Å². The molecule has 1 saturated heterocycles. The minimum atomic E-state index is 0.160. The third-order valence-electron chi connectivity index (χ3n) is 2.82. The van der Waals surface area contributed by atoms with Gasteiger partial charge in [-0.1, -0.05) is 0 Å². The number of piperidine rings is 1. The predicted molar refractivity (Wildman–Crippen MR) is 54.9 cm³/mol. The Kier molecular flexibility index (Phi) is 4.35. The Morgan fingerprint density at radius 3 is 2.43 bits per heavy atom. The maximum atomic E-state index is 11.4. The Morgan fingerprint density at radius 1 is 1.43 bits per heavy atom. The molecule has 4 nitrogen and oxygen atoms in total. The molecule has 1 N–H and O–H groups in total. The number of likely N-dealkylation sites (tertiary alicyclic amines) is 1. The Balaban J connectivity index is 2.25. The van der Waals surface area contributed by atoms with Crippen LogP contribution in [-0.2, 0) is 4.79 Å². The fourth-order valence-corrected chi connectivity index (χ4v) is 1.66. The van der Waals surface area contributed by atoms with E-state index in [9.17, 15) is 4.79 Å². The standard InChI is InChI=1S/C10H20N2O2/c1-11(2)10(14)7-12-5-3-9(8-13)4-6-12/h9,13H,3-8H2,1-2H3. The summed E-state index contributed by atoms with van der Waals surface area (Å²) in [7, 11) is 3.56. The SMILES string of the molecule is CN(C)C(=O)CN1CCC(CO)CC1. The summed E-state index contributed by atoms with van der Waals surface area (Å²) in [6.07, 6.45) is 2.02. The predicted octanol–water partition coefficient (Wildman–Crippen LogP) is -0.221. The van der Waals surface area contributed by atoms with E-state index in [1.165, 1.54) is 0 Å². The van der Waals surface area contributed by atoms with Crippen LogP contribution in [0.5, 0.6) is 0 Å². The largest absolute Gasteiger partial charge is 0.396 e. The van der Waals surface area contributed by atoms with Gasteiger partial charge in [0.1, 0.15) is 0 Å². The van der Waals surface area contributed by atoms with E-state index in [0.29, 0.717) is 12.5 Å². The van der Waals surface area contributed by atoms with E-state index in [1.807, 2.05) is 0 Å². The van der Waals surface area contributed by atoms with Gasteiger partial charge in [0.2, 0.25) is 5.91 Å². The van der Waals surface area contributed by atoms with Crippen molar-refractivity contribution in [2.24, 2.45) is 5.92 Å². The maximum Gasteiger partial charge on any atom is 0.236 e. The van der Waals surface area contributed by atoms with Crippen molar-refractivity contribution in [3.05, 3.63) is 0 Å². The highest BCUT2D eigenvalue weighted by molar-refractivity contribution is 5.77. The van der Waals surface area contributed by atoms with Gasteiger partial charge in [0.05, 0.1) is 6.54 Å². The van der Waals surface area contributed by atoms with Gasteiger partial charge in [-0.15, -0.1) is 0 Å². The van der Waals surface area contributed by atoms with Gasteiger partial charge in [0.15, 0.2) is 0 Å². The molecular weight excluding hydrogens is 180 g/mol. The summed E-state index contributed by atoms with van der Waals surface area (Å²) in [6.45, 7) is 2.68. The lowest BCUT2D eigenvalue weighted by Gasteiger charge is -2.31. The fourth-order valence-electron chi connectivity index (χ4n) is 1.66. The molecule has 0 aromatic carbocycles. The molecule has 0 atom stereocenters. The molecular formula is C10H20N2O2. The van der Waals surface area contributed by atoms with Crippen LogP contribution in [0.1, 0.15) is 12.8 Å². The summed E-state index contributed by atoms with van der Waals surface area (Å²) in [6, 6.07) is 0. The van der Waals surface area contributed by atoms with Crippen LogP contribution in [0.15, 0.2) is 0 Å². The molecule has 1 rings (SSSR count). The van der Waals surface area contributed by atoms with Crippen molar-refractivity contribution in [2.75, 3.05) is 40.3 Å². The van der Waals surface area contributed by atoms with Crippen LogP contribution in [0.3, 0.4) is 0 Å². The zero-order chi connectivity index (χ0) is 10.6. The van der Waals surface area contributed by atoms with E-state index in [0.717, 1.165) is 25.9 Å². The lowest BCUT2D eigenvalue weighted by molar-refractivity contribution is -0.130. The molecule has 0 unspecified atom stereocenters. The van der Waals surface area contributed by atoms with Crippen LogP contribution in [0, 0.1) is 5.92 Å². The van der Waals surface area contributed by atoms with Gasteiger partial charge in [-0.2, -0.15) is 0 Å². The molecule has 0 spiro atoms. The minimum absolute atomic E-state index is 0.160. The number of likely N-dealkylation sites (N-methyl/N-ethyl adjacent to an activating group) is 1. The number of carbonyl (C=O) groups is 1. The number of aliphatic hydroxyl groups is 1. The van der Waals surface area contributed by atoms with Crippen molar-refractivity contribution in [1.82, 2.24) is 9.80 Å². The molecule has 0 aromatic rings. The van der Waals surface area contributed by atoms with Crippen molar-refractivity contribution in [2.45, 2.75) is 12.8 Å². The second-order valence-electron chi connectivity index (χ2n) is 4.19. The van der Waals surface area contributed by atoms with Gasteiger partial charge in [0, 0.05) is 20.7 Å². The van der Waals surface area contributed by atoms with Crippen LogP contribution in [0.4, 0.5) is 0 Å². The molecule has 1 aliphatic rings. The first-order chi connectivity index (χ1) is 6.63. The second-order valence-corrected chi connectivity index (χ2v) is 4.19. The van der Waals surface area contributed by atoms with Crippen molar-refractivity contribution in [1.29, 1.82) is 0 Å². The van der Waals surface area contributed by atoms with Gasteiger partial charge in [-0.3, -0.25) is 9.69 Å². The van der Waals surface area contributed by atoms with Gasteiger partial charge in [0.25, 0.3) is 0 Å². The normalized spacial score (nSPS) is 19.6. The van der Waals surface area contributed by atoms with Crippen molar-refractivity contribution < 1.29 is 9.90 Å². The van der Waals surface area contributed by atoms with E-state index in [-0.39, 0.29) is 12.5 Å². The highest BCUT2D eigenvalue weighted by Crippen LogP contribution is 2.15. The quantitative estimate of drug-likeness (QED) is 0.685. The Labute approximate surface area is 85.5 Å². The van der Waals surface area contributed by atoms with Gasteiger partial charge < -0.3 is 10.0 Å². The number of aliphatic hydroxyl groups excluding tert-OH is 1. The Bertz CT molecular complexity index is 187. The third-order valence-corrected chi connectivity index (χ3v) is 2.82. The lowest BCUT2D eigenvalue weighted by Crippen LogP contribution is -2.41. The molecule has 82 valence electrons. The molecule has 0 saturated carbocycles. The molecule has 1 amide bonds. The number of carbonyl (C=O) groups excluding carboxylic acids is 1. The summed E-state index contributed by atoms with van der Waals surface area (Å²) >= 11 is 0. The van der Waals surface area contributed by atoms with Crippen LogP contribution in [-0.4, -0.2) is 61.2 Å². The number of nitrogens with zero attached hydrogens (tertiary/aromatic N) is 2. The second kappa shape index (κ2) is 5.32. The smallest absolute Gasteiger partial charge is 0.236 e. The minimum Gasteiger partial charge on any atom is -0.396 e. The molecule has 0 aliphatic carbocycles. The molecule has 0 aromatic heterocycles. The average Bonchev–Trinajstić information content (AvgIpc) is 2.19. The van der Waals surface area contributed by atoms with Crippen molar-refractivity contribution >= 4 is 5.91 Å². The molecule has 4 heteroatoms. The molecule has 0 radical (unpaired) electrons. The molecule has 14 heavy (non-hydrogen) atoms. The molecule has 0 bridgehead atoms. The summed E-state index contributed by atoms with van der Waals surface area (Å²) in [5, 5.41) is 8.95. The first-order valence-corrected chi connectivity index (χ1v) is 5.17. The monoisotopic (exact) mass is 200 g/mol. The molecule has 1 fully saturated rings. The average molecular weight is 200 g/mol. The van der Waals surface area contributed by atoms with Gasteiger partial charge in [-0.05, 0) is 31.8 Å². The lowest BCUT2D eigenvalue weighted by atomic mass is 9.98.